The van der Waals surface area contributed by atoms with E-state index in [1.807, 2.05) is 6.92 Å². The van der Waals surface area contributed by atoms with E-state index in [2.05, 4.69) is 11.8 Å². The Balaban J connectivity index is 1.98. The molecule has 0 aromatic carbocycles. The molecule has 2 heterocycles. The third-order valence-electron chi connectivity index (χ3n) is 3.76. The molecule has 0 unspecified atom stereocenters. The van der Waals surface area contributed by atoms with Crippen LogP contribution in [0.1, 0.15) is 39.5 Å². The van der Waals surface area contributed by atoms with E-state index in [-0.39, 0.29) is 18.3 Å². The molecule has 0 bridgehead atoms. The maximum atomic E-state index is 10.1. The lowest BCUT2D eigenvalue weighted by Gasteiger charge is -2.44. The Bertz CT molecular complexity index is 204. The minimum Gasteiger partial charge on any atom is -0.389 e. The van der Waals surface area contributed by atoms with Crippen LogP contribution in [0.25, 0.3) is 0 Å². The highest BCUT2D eigenvalue weighted by molar-refractivity contribution is 4.89. The van der Waals surface area contributed by atoms with E-state index in [0.717, 1.165) is 19.5 Å². The second-order valence-corrected chi connectivity index (χ2v) is 5.04. The molecule has 0 spiro atoms. The van der Waals surface area contributed by atoms with Crippen molar-refractivity contribution in [3.8, 4) is 0 Å². The number of nitrogens with zero attached hydrogens (tertiary/aromatic N) is 1. The van der Waals surface area contributed by atoms with Crippen LogP contribution in [-0.2, 0) is 4.74 Å². The van der Waals surface area contributed by atoms with Gasteiger partial charge in [0.15, 0.2) is 0 Å². The SMILES string of the molecule is C[C@@H]1C[C@H](N2CCCCC2)[C@@H](O)[C@H](C)O1. The fourth-order valence-corrected chi connectivity index (χ4v) is 2.91. The fraction of sp³-hybridized carbons (Fsp3) is 1.00. The zero-order chi connectivity index (χ0) is 10.8. The van der Waals surface area contributed by atoms with Crippen molar-refractivity contribution < 1.29 is 9.84 Å². The van der Waals surface area contributed by atoms with Crippen molar-refractivity contribution in [3.63, 3.8) is 0 Å². The van der Waals surface area contributed by atoms with Crippen molar-refractivity contribution in [2.24, 2.45) is 0 Å². The highest BCUT2D eigenvalue weighted by atomic mass is 16.5. The van der Waals surface area contributed by atoms with Crippen LogP contribution in [0.15, 0.2) is 0 Å². The van der Waals surface area contributed by atoms with Gasteiger partial charge in [0.1, 0.15) is 0 Å². The number of hydrogen-bond acceptors (Lipinski definition) is 3. The molecule has 0 aromatic rings. The average Bonchev–Trinajstić information content (AvgIpc) is 2.24. The molecule has 0 saturated carbocycles. The van der Waals surface area contributed by atoms with Gasteiger partial charge >= 0.3 is 0 Å². The lowest BCUT2D eigenvalue weighted by atomic mass is 9.93. The quantitative estimate of drug-likeness (QED) is 0.714. The normalized spacial score (nSPS) is 44.2. The monoisotopic (exact) mass is 213 g/mol. The Morgan fingerprint density at radius 1 is 1.13 bits per heavy atom. The topological polar surface area (TPSA) is 32.7 Å². The summed E-state index contributed by atoms with van der Waals surface area (Å²) in [5.74, 6) is 0. The molecule has 3 nitrogen and oxygen atoms in total. The zero-order valence-corrected chi connectivity index (χ0v) is 9.85. The maximum absolute atomic E-state index is 10.1. The summed E-state index contributed by atoms with van der Waals surface area (Å²) in [5.41, 5.74) is 0. The van der Waals surface area contributed by atoms with Gasteiger partial charge in [0.25, 0.3) is 0 Å². The predicted molar refractivity (Wildman–Crippen MR) is 59.8 cm³/mol. The van der Waals surface area contributed by atoms with Gasteiger partial charge in [0.05, 0.1) is 18.3 Å². The number of ether oxygens (including phenoxy) is 1. The predicted octanol–water partition coefficient (Wildman–Crippen LogP) is 1.40. The Kier molecular flexibility index (Phi) is 3.65. The van der Waals surface area contributed by atoms with Gasteiger partial charge in [-0.3, -0.25) is 4.90 Å². The summed E-state index contributed by atoms with van der Waals surface area (Å²) in [6, 6.07) is 0.323. The van der Waals surface area contributed by atoms with Crippen LogP contribution < -0.4 is 0 Å². The highest BCUT2D eigenvalue weighted by Gasteiger charge is 2.37. The van der Waals surface area contributed by atoms with Crippen molar-refractivity contribution in [1.82, 2.24) is 4.90 Å². The molecular weight excluding hydrogens is 190 g/mol. The van der Waals surface area contributed by atoms with Crippen LogP contribution >= 0.6 is 0 Å². The molecule has 2 rings (SSSR count). The smallest absolute Gasteiger partial charge is 0.0954 e. The third kappa shape index (κ3) is 2.52. The molecule has 0 amide bonds. The van der Waals surface area contributed by atoms with Crippen molar-refractivity contribution in [2.45, 2.75) is 63.9 Å². The van der Waals surface area contributed by atoms with Crippen LogP contribution in [0.3, 0.4) is 0 Å². The van der Waals surface area contributed by atoms with E-state index in [4.69, 9.17) is 4.74 Å². The van der Waals surface area contributed by atoms with E-state index >= 15 is 0 Å². The molecular formula is C12H23NO2. The first-order chi connectivity index (χ1) is 7.18. The molecule has 0 radical (unpaired) electrons. The summed E-state index contributed by atoms with van der Waals surface area (Å²) >= 11 is 0. The summed E-state index contributed by atoms with van der Waals surface area (Å²) in [7, 11) is 0. The van der Waals surface area contributed by atoms with Crippen LogP contribution in [0.5, 0.6) is 0 Å². The zero-order valence-electron chi connectivity index (χ0n) is 9.85. The van der Waals surface area contributed by atoms with Gasteiger partial charge in [-0.2, -0.15) is 0 Å². The average molecular weight is 213 g/mol. The number of aliphatic hydroxyl groups excluding tert-OH is 1. The second-order valence-electron chi connectivity index (χ2n) is 5.04. The van der Waals surface area contributed by atoms with Crippen molar-refractivity contribution in [2.75, 3.05) is 13.1 Å². The molecule has 2 fully saturated rings. The van der Waals surface area contributed by atoms with E-state index in [1.54, 1.807) is 0 Å². The van der Waals surface area contributed by atoms with E-state index in [0.29, 0.717) is 6.04 Å². The maximum Gasteiger partial charge on any atom is 0.0954 e. The van der Waals surface area contributed by atoms with Crippen LogP contribution in [0.2, 0.25) is 0 Å². The second kappa shape index (κ2) is 4.81. The largest absolute Gasteiger partial charge is 0.389 e. The van der Waals surface area contributed by atoms with E-state index in [1.165, 1.54) is 19.3 Å². The summed E-state index contributed by atoms with van der Waals surface area (Å²) < 4.78 is 5.64. The van der Waals surface area contributed by atoms with Crippen LogP contribution in [0, 0.1) is 0 Å². The number of rotatable bonds is 1. The number of likely N-dealkylation sites (tertiary alicyclic amines) is 1. The van der Waals surface area contributed by atoms with E-state index in [9.17, 15) is 5.11 Å². The lowest BCUT2D eigenvalue weighted by molar-refractivity contribution is -0.142. The van der Waals surface area contributed by atoms with Gasteiger partial charge in [-0.05, 0) is 46.2 Å². The third-order valence-corrected chi connectivity index (χ3v) is 3.76. The van der Waals surface area contributed by atoms with Crippen LogP contribution in [0.4, 0.5) is 0 Å². The van der Waals surface area contributed by atoms with Gasteiger partial charge in [-0.25, -0.2) is 0 Å². The minimum atomic E-state index is -0.306. The van der Waals surface area contributed by atoms with Crippen molar-refractivity contribution in [3.05, 3.63) is 0 Å². The molecule has 2 saturated heterocycles. The summed E-state index contributed by atoms with van der Waals surface area (Å²) in [6.07, 6.45) is 4.86. The number of piperidine rings is 1. The fourth-order valence-electron chi connectivity index (χ4n) is 2.91. The molecule has 2 aliphatic rings. The Hall–Kier alpha value is -0.120. The summed E-state index contributed by atoms with van der Waals surface area (Å²) in [6.45, 7) is 6.40. The Morgan fingerprint density at radius 2 is 1.80 bits per heavy atom. The van der Waals surface area contributed by atoms with Gasteiger partial charge in [-0.15, -0.1) is 0 Å². The molecule has 2 aliphatic heterocycles. The number of hydrogen-bond donors (Lipinski definition) is 1. The lowest BCUT2D eigenvalue weighted by Crippen LogP contribution is -2.55. The van der Waals surface area contributed by atoms with Crippen molar-refractivity contribution >= 4 is 0 Å². The van der Waals surface area contributed by atoms with Crippen molar-refractivity contribution in [1.29, 1.82) is 0 Å². The Labute approximate surface area is 92.4 Å². The molecule has 3 heteroatoms. The standard InChI is InChI=1S/C12H23NO2/c1-9-8-11(12(14)10(2)15-9)13-6-4-3-5-7-13/h9-12,14H,3-8H2,1-2H3/t9-,10+,11+,12+/m1/s1. The molecule has 4 atom stereocenters. The van der Waals surface area contributed by atoms with Gasteiger partial charge in [0, 0.05) is 6.04 Å². The molecule has 88 valence electrons. The molecule has 1 N–H and O–H groups in total. The summed E-state index contributed by atoms with van der Waals surface area (Å²) in [5, 5.41) is 10.1. The first kappa shape index (κ1) is 11.4. The van der Waals surface area contributed by atoms with Gasteiger partial charge in [-0.1, -0.05) is 6.42 Å². The van der Waals surface area contributed by atoms with Gasteiger partial charge in [0.2, 0.25) is 0 Å². The Morgan fingerprint density at radius 3 is 2.47 bits per heavy atom. The first-order valence-corrected chi connectivity index (χ1v) is 6.26. The summed E-state index contributed by atoms with van der Waals surface area (Å²) in [4.78, 5) is 2.46. The molecule has 0 aromatic heterocycles. The first-order valence-electron chi connectivity index (χ1n) is 6.26. The minimum absolute atomic E-state index is 0.0133. The number of aliphatic hydroxyl groups is 1. The molecule has 15 heavy (non-hydrogen) atoms. The van der Waals surface area contributed by atoms with Crippen LogP contribution in [-0.4, -0.2) is 47.4 Å². The van der Waals surface area contributed by atoms with E-state index < -0.39 is 0 Å². The van der Waals surface area contributed by atoms with Gasteiger partial charge < -0.3 is 9.84 Å². The highest BCUT2D eigenvalue weighted by Crippen LogP contribution is 2.26. The molecule has 0 aliphatic carbocycles.